The highest BCUT2D eigenvalue weighted by atomic mass is 16.3. The smallest absolute Gasteiger partial charge is 0.318 e. The quantitative estimate of drug-likeness (QED) is 0.861. The average molecular weight is 348 g/mol. The lowest BCUT2D eigenvalue weighted by Gasteiger charge is -2.33. The number of hydrogen-bond donors (Lipinski definition) is 1. The fraction of sp³-hybridized carbons (Fsp3) is 0.588. The Balaban J connectivity index is 1.61. The van der Waals surface area contributed by atoms with Crippen LogP contribution in [0.4, 0.5) is 4.79 Å². The number of nitrogens with zero attached hydrogens (tertiary/aromatic N) is 3. The number of carbonyl (C=O) groups excluding carboxylic acids is 3. The second-order valence-electron chi connectivity index (χ2n) is 6.66. The van der Waals surface area contributed by atoms with Gasteiger partial charge in [0, 0.05) is 20.1 Å². The van der Waals surface area contributed by atoms with E-state index >= 15 is 0 Å². The number of fused-ring (bicyclic) bond motifs is 1. The summed E-state index contributed by atoms with van der Waals surface area (Å²) < 4.78 is 5.53. The van der Waals surface area contributed by atoms with Crippen molar-refractivity contribution in [1.82, 2.24) is 20.0 Å². The Bertz CT molecular complexity index is 686. The Hall–Kier alpha value is -2.51. The van der Waals surface area contributed by atoms with E-state index in [-0.39, 0.29) is 30.4 Å². The molecule has 1 aromatic rings. The van der Waals surface area contributed by atoms with Crippen molar-refractivity contribution >= 4 is 17.8 Å². The van der Waals surface area contributed by atoms with Crippen LogP contribution in [-0.4, -0.2) is 71.3 Å². The first-order chi connectivity index (χ1) is 11.9. The topological polar surface area (TPSA) is 86.1 Å². The maximum atomic E-state index is 12.5. The van der Waals surface area contributed by atoms with Crippen LogP contribution in [0.15, 0.2) is 16.5 Å². The molecule has 25 heavy (non-hydrogen) atoms. The van der Waals surface area contributed by atoms with Gasteiger partial charge in [0.2, 0.25) is 11.8 Å². The van der Waals surface area contributed by atoms with Crippen LogP contribution in [0.2, 0.25) is 0 Å². The van der Waals surface area contributed by atoms with Crippen LogP contribution in [0.25, 0.3) is 0 Å². The summed E-state index contributed by atoms with van der Waals surface area (Å²) in [4.78, 5) is 41.5. The molecule has 3 heterocycles. The molecule has 2 saturated heterocycles. The fourth-order valence-corrected chi connectivity index (χ4v) is 3.43. The Morgan fingerprint density at radius 3 is 2.80 bits per heavy atom. The first-order valence-corrected chi connectivity index (χ1v) is 8.54. The van der Waals surface area contributed by atoms with Crippen molar-refractivity contribution in [2.45, 2.75) is 38.9 Å². The summed E-state index contributed by atoms with van der Waals surface area (Å²) in [7, 11) is 1.63. The fourth-order valence-electron chi connectivity index (χ4n) is 3.43. The highest BCUT2D eigenvalue weighted by Crippen LogP contribution is 2.23. The van der Waals surface area contributed by atoms with Crippen LogP contribution < -0.4 is 5.32 Å². The Labute approximate surface area is 146 Å². The molecule has 0 saturated carbocycles. The summed E-state index contributed by atoms with van der Waals surface area (Å²) in [5.41, 5.74) is 0. The predicted molar refractivity (Wildman–Crippen MR) is 89.6 cm³/mol. The van der Waals surface area contributed by atoms with Gasteiger partial charge in [-0.1, -0.05) is 0 Å². The van der Waals surface area contributed by atoms with Gasteiger partial charge in [-0.05, 0) is 32.4 Å². The van der Waals surface area contributed by atoms with Crippen LogP contribution in [0.1, 0.15) is 24.9 Å². The molecule has 1 aromatic heterocycles. The summed E-state index contributed by atoms with van der Waals surface area (Å²) in [6.45, 7) is 5.17. The average Bonchev–Trinajstić information content (AvgIpc) is 3.17. The maximum absolute atomic E-state index is 12.5. The Morgan fingerprint density at radius 2 is 2.16 bits per heavy atom. The third-order valence-electron chi connectivity index (χ3n) is 4.79. The summed E-state index contributed by atoms with van der Waals surface area (Å²) >= 11 is 0. The van der Waals surface area contributed by atoms with Crippen molar-refractivity contribution in [1.29, 1.82) is 0 Å². The Morgan fingerprint density at radius 1 is 1.40 bits per heavy atom. The van der Waals surface area contributed by atoms with E-state index in [9.17, 15) is 14.4 Å². The Kier molecular flexibility index (Phi) is 4.69. The number of urea groups is 1. The van der Waals surface area contributed by atoms with Crippen molar-refractivity contribution < 1.29 is 18.8 Å². The van der Waals surface area contributed by atoms with Gasteiger partial charge in [-0.25, -0.2) is 4.79 Å². The van der Waals surface area contributed by atoms with Crippen LogP contribution in [0, 0.1) is 6.92 Å². The van der Waals surface area contributed by atoms with Crippen LogP contribution in [-0.2, 0) is 16.1 Å². The van der Waals surface area contributed by atoms with Crippen LogP contribution in [0.5, 0.6) is 0 Å². The molecule has 0 spiro atoms. The highest BCUT2D eigenvalue weighted by molar-refractivity contribution is 5.95. The normalized spacial score (nSPS) is 23.0. The van der Waals surface area contributed by atoms with Crippen molar-refractivity contribution in [3.63, 3.8) is 0 Å². The van der Waals surface area contributed by atoms with Gasteiger partial charge in [0.15, 0.2) is 0 Å². The molecule has 0 aliphatic carbocycles. The van der Waals surface area contributed by atoms with E-state index in [1.54, 1.807) is 16.8 Å². The molecule has 8 heteroatoms. The molecule has 1 N–H and O–H groups in total. The van der Waals surface area contributed by atoms with Gasteiger partial charge in [-0.2, -0.15) is 0 Å². The third kappa shape index (κ3) is 3.47. The molecule has 4 amide bonds. The number of carbonyl (C=O) groups is 3. The minimum Gasteiger partial charge on any atom is -0.464 e. The third-order valence-corrected chi connectivity index (χ3v) is 4.79. The molecule has 0 radical (unpaired) electrons. The molecule has 136 valence electrons. The zero-order chi connectivity index (χ0) is 18.1. The van der Waals surface area contributed by atoms with E-state index in [0.29, 0.717) is 26.1 Å². The monoisotopic (exact) mass is 348 g/mol. The number of aryl methyl sites for hydroxylation is 1. The van der Waals surface area contributed by atoms with E-state index in [2.05, 4.69) is 5.32 Å². The van der Waals surface area contributed by atoms with Crippen LogP contribution >= 0.6 is 0 Å². The van der Waals surface area contributed by atoms with Gasteiger partial charge >= 0.3 is 6.03 Å². The molecule has 0 bridgehead atoms. The molecular formula is C17H24N4O4. The predicted octanol–water partition coefficient (Wildman–Crippen LogP) is 0.561. The summed E-state index contributed by atoms with van der Waals surface area (Å²) in [5.74, 6) is 1.41. The SMILES string of the molecule is CCN(Cc1ccc(C)o1)C(=O)N[C@@H]1C[C@H]2C(=O)N(C)CC(=O)N2C1. The number of hydrogen-bond acceptors (Lipinski definition) is 4. The number of piperazine rings is 1. The highest BCUT2D eigenvalue weighted by Gasteiger charge is 2.45. The van der Waals surface area contributed by atoms with Crippen LogP contribution in [0.3, 0.4) is 0 Å². The molecule has 0 aromatic carbocycles. The van der Waals surface area contributed by atoms with Crippen molar-refractivity contribution in [2.24, 2.45) is 0 Å². The minimum absolute atomic E-state index is 0.0604. The molecule has 2 atom stereocenters. The number of furan rings is 1. The molecule has 0 unspecified atom stereocenters. The number of amides is 4. The second kappa shape index (κ2) is 6.78. The summed E-state index contributed by atoms with van der Waals surface area (Å²) in [5, 5.41) is 2.95. The lowest BCUT2D eigenvalue weighted by atomic mass is 10.1. The molecule has 8 nitrogen and oxygen atoms in total. The van der Waals surface area contributed by atoms with Crippen molar-refractivity contribution in [2.75, 3.05) is 26.7 Å². The molecular weight excluding hydrogens is 324 g/mol. The van der Waals surface area contributed by atoms with Gasteiger partial charge < -0.3 is 24.4 Å². The lowest BCUT2D eigenvalue weighted by Crippen LogP contribution is -2.56. The number of likely N-dealkylation sites (N-methyl/N-ethyl adjacent to an activating group) is 1. The lowest BCUT2D eigenvalue weighted by molar-refractivity contribution is -0.152. The molecule has 2 aliphatic heterocycles. The van der Waals surface area contributed by atoms with Crippen molar-refractivity contribution in [3.8, 4) is 0 Å². The zero-order valence-electron chi connectivity index (χ0n) is 14.8. The standard InChI is InChI=1S/C17H24N4O4/c1-4-20(9-13-6-5-11(2)25-13)17(24)18-12-7-14-16(23)19(3)10-15(22)21(14)8-12/h5-6,12,14H,4,7-10H2,1-3H3,(H,18,24)/t12-,14+/m1/s1. The van der Waals surface area contributed by atoms with Crippen molar-refractivity contribution in [3.05, 3.63) is 23.7 Å². The van der Waals surface area contributed by atoms with Gasteiger partial charge in [-0.15, -0.1) is 0 Å². The van der Waals surface area contributed by atoms with E-state index in [4.69, 9.17) is 4.42 Å². The van der Waals surface area contributed by atoms with Gasteiger partial charge in [0.25, 0.3) is 0 Å². The number of nitrogens with one attached hydrogen (secondary N) is 1. The molecule has 2 fully saturated rings. The van der Waals surface area contributed by atoms with Gasteiger partial charge in [0.1, 0.15) is 17.6 Å². The number of rotatable bonds is 4. The summed E-state index contributed by atoms with van der Waals surface area (Å²) in [6, 6.07) is 2.83. The first-order valence-electron chi connectivity index (χ1n) is 8.54. The summed E-state index contributed by atoms with van der Waals surface area (Å²) in [6.07, 6.45) is 0.456. The van der Waals surface area contributed by atoms with E-state index in [0.717, 1.165) is 11.5 Å². The first kappa shape index (κ1) is 17.3. The minimum atomic E-state index is -0.459. The van der Waals surface area contributed by atoms with E-state index in [1.807, 2.05) is 26.0 Å². The van der Waals surface area contributed by atoms with Gasteiger partial charge in [-0.3, -0.25) is 9.59 Å². The molecule has 3 rings (SSSR count). The van der Waals surface area contributed by atoms with Gasteiger partial charge in [0.05, 0.1) is 19.1 Å². The molecule has 2 aliphatic rings. The van der Waals surface area contributed by atoms with E-state index in [1.165, 1.54) is 4.90 Å². The zero-order valence-corrected chi connectivity index (χ0v) is 14.8. The van der Waals surface area contributed by atoms with E-state index < -0.39 is 6.04 Å². The maximum Gasteiger partial charge on any atom is 0.318 e. The largest absolute Gasteiger partial charge is 0.464 e. The second-order valence-corrected chi connectivity index (χ2v) is 6.66.